The van der Waals surface area contributed by atoms with Gasteiger partial charge in [-0.3, -0.25) is 0 Å². The summed E-state index contributed by atoms with van der Waals surface area (Å²) in [7, 11) is -3.53. The largest absolute Gasteiger partial charge is 0.424 e. The van der Waals surface area contributed by atoms with Crippen LogP contribution < -0.4 is 0 Å². The molecule has 0 saturated carbocycles. The van der Waals surface area contributed by atoms with Gasteiger partial charge in [0.25, 0.3) is 0 Å². The van der Waals surface area contributed by atoms with E-state index < -0.39 is 10.0 Å². The van der Waals surface area contributed by atoms with Crippen LogP contribution in [0.1, 0.15) is 57.6 Å². The maximum absolute atomic E-state index is 12.9. The van der Waals surface area contributed by atoms with Crippen molar-refractivity contribution in [3.8, 4) is 0 Å². The molecule has 3 aromatic rings. The number of thioether (sulfide) groups is 1. The van der Waals surface area contributed by atoms with Crippen LogP contribution in [0.5, 0.6) is 0 Å². The molecule has 0 aliphatic heterocycles. The summed E-state index contributed by atoms with van der Waals surface area (Å²) in [5.74, 6) is 1.08. The van der Waals surface area contributed by atoms with Crippen LogP contribution in [0.4, 0.5) is 0 Å². The fourth-order valence-corrected chi connectivity index (χ4v) is 5.73. The molecule has 10 heteroatoms. The zero-order valence-corrected chi connectivity index (χ0v) is 19.8. The van der Waals surface area contributed by atoms with Gasteiger partial charge < -0.3 is 8.98 Å². The normalized spacial score (nSPS) is 13.4. The summed E-state index contributed by atoms with van der Waals surface area (Å²) in [6.45, 7) is 11.3. The summed E-state index contributed by atoms with van der Waals surface area (Å²) in [5.41, 5.74) is 1.61. The number of fused-ring (bicyclic) bond motifs is 1. The molecule has 3 rings (SSSR count). The molecule has 8 nitrogen and oxygen atoms in total. The number of sulfonamides is 1. The topological polar surface area (TPSA) is 94.1 Å². The van der Waals surface area contributed by atoms with Crippen molar-refractivity contribution in [2.75, 3.05) is 13.1 Å². The Balaban J connectivity index is 2.01. The Hall–Kier alpha value is -1.91. The van der Waals surface area contributed by atoms with Crippen molar-refractivity contribution in [1.82, 2.24) is 24.1 Å². The molecular formula is C20H29N5O3S2. The first-order valence-electron chi connectivity index (χ1n) is 10.3. The number of benzene rings is 1. The molecule has 0 radical (unpaired) electrons. The smallest absolute Gasteiger partial charge is 0.243 e. The van der Waals surface area contributed by atoms with Gasteiger partial charge in [-0.05, 0) is 31.5 Å². The molecule has 0 fully saturated rings. The van der Waals surface area contributed by atoms with E-state index in [0.29, 0.717) is 30.4 Å². The zero-order chi connectivity index (χ0) is 21.9. The van der Waals surface area contributed by atoms with Gasteiger partial charge in [0.05, 0.1) is 21.2 Å². The lowest BCUT2D eigenvalue weighted by atomic mass is 10.3. The fourth-order valence-electron chi connectivity index (χ4n) is 3.27. The Labute approximate surface area is 182 Å². The maximum atomic E-state index is 12.9. The molecule has 0 saturated heterocycles. The average Bonchev–Trinajstić information content (AvgIpc) is 3.29. The molecule has 1 aromatic carbocycles. The van der Waals surface area contributed by atoms with E-state index in [9.17, 15) is 8.42 Å². The second-order valence-electron chi connectivity index (χ2n) is 7.06. The third-order valence-electron chi connectivity index (χ3n) is 4.93. The number of aromatic nitrogens is 4. The molecule has 0 aliphatic carbocycles. The standard InChI is InChI=1S/C20H29N5O3S2/c1-6-9-12-25-18-11-10-16(30(26,27)24(7-2)8-3)13-17(18)21-20(25)29-14(4)19-23-22-15(5)28-19/h10-11,13-14H,6-9,12H2,1-5H3. The minimum Gasteiger partial charge on any atom is -0.424 e. The van der Waals surface area contributed by atoms with Crippen molar-refractivity contribution in [3.63, 3.8) is 0 Å². The first-order chi connectivity index (χ1) is 14.3. The lowest BCUT2D eigenvalue weighted by Gasteiger charge is -2.18. The van der Waals surface area contributed by atoms with E-state index in [-0.39, 0.29) is 10.1 Å². The number of hydrogen-bond acceptors (Lipinski definition) is 7. The molecule has 0 aliphatic rings. The Morgan fingerprint density at radius 3 is 2.53 bits per heavy atom. The van der Waals surface area contributed by atoms with Crippen LogP contribution in [0, 0.1) is 6.92 Å². The molecule has 2 aromatic heterocycles. The van der Waals surface area contributed by atoms with Gasteiger partial charge in [-0.25, -0.2) is 13.4 Å². The van der Waals surface area contributed by atoms with Crippen LogP contribution in [0.3, 0.4) is 0 Å². The molecule has 2 heterocycles. The van der Waals surface area contributed by atoms with Crippen molar-refractivity contribution in [1.29, 1.82) is 0 Å². The molecule has 1 unspecified atom stereocenters. The lowest BCUT2D eigenvalue weighted by molar-refractivity contribution is 0.445. The first-order valence-corrected chi connectivity index (χ1v) is 12.6. The summed E-state index contributed by atoms with van der Waals surface area (Å²) in [5, 5.41) is 8.77. The van der Waals surface area contributed by atoms with Crippen molar-refractivity contribution in [3.05, 3.63) is 30.0 Å². The third kappa shape index (κ3) is 4.55. The van der Waals surface area contributed by atoms with Gasteiger partial charge in [-0.15, -0.1) is 10.2 Å². The quantitative estimate of drug-likeness (QED) is 0.421. The molecule has 30 heavy (non-hydrogen) atoms. The van der Waals surface area contributed by atoms with Crippen LogP contribution in [0.25, 0.3) is 11.0 Å². The number of hydrogen-bond donors (Lipinski definition) is 0. The molecular weight excluding hydrogens is 422 g/mol. The molecule has 0 N–H and O–H groups in total. The summed E-state index contributed by atoms with van der Waals surface area (Å²) in [4.78, 5) is 5.05. The van der Waals surface area contributed by atoms with E-state index in [2.05, 4.69) is 21.7 Å². The summed E-state index contributed by atoms with van der Waals surface area (Å²) < 4.78 is 35.0. The van der Waals surface area contributed by atoms with Crippen LogP contribution in [-0.4, -0.2) is 45.6 Å². The predicted octanol–water partition coefficient (Wildman–Crippen LogP) is 4.41. The number of nitrogens with zero attached hydrogens (tertiary/aromatic N) is 5. The number of aryl methyl sites for hydroxylation is 2. The lowest BCUT2D eigenvalue weighted by Crippen LogP contribution is -2.30. The van der Waals surface area contributed by atoms with Gasteiger partial charge in [-0.2, -0.15) is 4.31 Å². The predicted molar refractivity (Wildman–Crippen MR) is 118 cm³/mol. The van der Waals surface area contributed by atoms with E-state index >= 15 is 0 Å². The molecule has 1 atom stereocenters. The van der Waals surface area contributed by atoms with Gasteiger partial charge in [-0.1, -0.05) is 39.0 Å². The van der Waals surface area contributed by atoms with Crippen LogP contribution in [-0.2, 0) is 16.6 Å². The van der Waals surface area contributed by atoms with Gasteiger partial charge in [0, 0.05) is 26.6 Å². The van der Waals surface area contributed by atoms with Gasteiger partial charge in [0.1, 0.15) is 0 Å². The number of rotatable bonds is 10. The number of imidazole rings is 1. The highest BCUT2D eigenvalue weighted by Crippen LogP contribution is 2.36. The van der Waals surface area contributed by atoms with E-state index in [4.69, 9.17) is 9.40 Å². The monoisotopic (exact) mass is 451 g/mol. The SMILES string of the molecule is CCCCn1c(SC(C)c2nnc(C)o2)nc2cc(S(=O)(=O)N(CC)CC)ccc21. The van der Waals surface area contributed by atoms with Gasteiger partial charge in [0.2, 0.25) is 21.8 Å². The van der Waals surface area contributed by atoms with Crippen LogP contribution >= 0.6 is 11.8 Å². The Morgan fingerprint density at radius 1 is 1.20 bits per heavy atom. The van der Waals surface area contributed by atoms with Crippen molar-refractivity contribution in [2.45, 2.75) is 69.3 Å². The van der Waals surface area contributed by atoms with Crippen molar-refractivity contribution in [2.24, 2.45) is 0 Å². The minimum absolute atomic E-state index is 0.0673. The second-order valence-corrected chi connectivity index (χ2v) is 10.3. The van der Waals surface area contributed by atoms with E-state index in [1.807, 2.05) is 26.8 Å². The van der Waals surface area contributed by atoms with E-state index in [1.165, 1.54) is 16.1 Å². The molecule has 0 bridgehead atoms. The van der Waals surface area contributed by atoms with E-state index in [0.717, 1.165) is 30.1 Å². The highest BCUT2D eigenvalue weighted by molar-refractivity contribution is 7.99. The third-order valence-corrected chi connectivity index (χ3v) is 8.06. The first kappa shape index (κ1) is 22.8. The Bertz CT molecular complexity index is 1100. The number of unbranched alkanes of at least 4 members (excludes halogenated alkanes) is 1. The van der Waals surface area contributed by atoms with Gasteiger partial charge in [0.15, 0.2) is 5.16 Å². The second kappa shape index (κ2) is 9.49. The van der Waals surface area contributed by atoms with Gasteiger partial charge >= 0.3 is 0 Å². The highest BCUT2D eigenvalue weighted by atomic mass is 32.2. The Morgan fingerprint density at radius 2 is 1.93 bits per heavy atom. The van der Waals surface area contributed by atoms with Crippen LogP contribution in [0.15, 0.2) is 32.7 Å². The summed E-state index contributed by atoms with van der Waals surface area (Å²) in [6.07, 6.45) is 2.06. The molecule has 0 spiro atoms. The molecule has 164 valence electrons. The van der Waals surface area contributed by atoms with Crippen molar-refractivity contribution >= 4 is 32.8 Å². The minimum atomic E-state index is -3.53. The summed E-state index contributed by atoms with van der Waals surface area (Å²) >= 11 is 1.54. The van der Waals surface area contributed by atoms with E-state index in [1.54, 1.807) is 19.1 Å². The van der Waals surface area contributed by atoms with Crippen molar-refractivity contribution < 1.29 is 12.8 Å². The average molecular weight is 452 g/mol. The summed E-state index contributed by atoms with van der Waals surface area (Å²) in [6, 6.07) is 5.22. The fraction of sp³-hybridized carbons (Fsp3) is 0.550. The zero-order valence-electron chi connectivity index (χ0n) is 18.1. The highest BCUT2D eigenvalue weighted by Gasteiger charge is 2.24. The molecule has 0 amide bonds. The van der Waals surface area contributed by atoms with Crippen LogP contribution in [0.2, 0.25) is 0 Å². The maximum Gasteiger partial charge on any atom is 0.243 e. The Kier molecular flexibility index (Phi) is 7.20.